The van der Waals surface area contributed by atoms with Crippen LogP contribution >= 0.6 is 0 Å². The maximum Gasteiger partial charge on any atom is 0.416 e. The third kappa shape index (κ3) is 3.29. The van der Waals surface area contributed by atoms with Gasteiger partial charge in [0, 0.05) is 37.8 Å². The molecule has 3 aliphatic rings. The number of piperidine rings is 1. The highest BCUT2D eigenvalue weighted by Gasteiger charge is 2.58. The molecule has 3 fully saturated rings. The second kappa shape index (κ2) is 6.44. The summed E-state index contributed by atoms with van der Waals surface area (Å²) in [7, 11) is 0. The van der Waals surface area contributed by atoms with Gasteiger partial charge in [-0.1, -0.05) is 6.07 Å². The third-order valence-corrected chi connectivity index (χ3v) is 6.22. The Bertz CT molecular complexity index is 677. The molecule has 1 aromatic carbocycles. The molecule has 1 unspecified atom stereocenters. The number of hydrogen-bond acceptors (Lipinski definition) is 3. The molecule has 1 aliphatic carbocycles. The highest BCUT2D eigenvalue weighted by atomic mass is 19.4. The molecule has 4 rings (SSSR count). The van der Waals surface area contributed by atoms with Crippen LogP contribution in [0, 0.1) is 11.3 Å². The number of alkyl halides is 3. The maximum absolute atomic E-state index is 12.9. The SMILES string of the molecule is O=C(C1CC12CCNCC2)N1CCN(c2cccc(C(F)(F)F)c2)CC1. The van der Waals surface area contributed by atoms with Crippen molar-refractivity contribution in [1.29, 1.82) is 0 Å². The van der Waals surface area contributed by atoms with E-state index in [0.717, 1.165) is 38.4 Å². The lowest BCUT2D eigenvalue weighted by molar-refractivity contribution is -0.137. The van der Waals surface area contributed by atoms with E-state index < -0.39 is 11.7 Å². The first kappa shape index (κ1) is 17.6. The summed E-state index contributed by atoms with van der Waals surface area (Å²) < 4.78 is 38.7. The number of amides is 1. The lowest BCUT2D eigenvalue weighted by Gasteiger charge is -2.37. The van der Waals surface area contributed by atoms with Crippen LogP contribution in [0.5, 0.6) is 0 Å². The second-order valence-corrected chi connectivity index (χ2v) is 7.73. The first-order chi connectivity index (χ1) is 12.4. The number of rotatable bonds is 2. The average Bonchev–Trinajstić information content (AvgIpc) is 3.34. The molecule has 1 atom stereocenters. The molecule has 2 aliphatic heterocycles. The molecule has 2 saturated heterocycles. The Kier molecular flexibility index (Phi) is 4.37. The molecule has 1 amide bonds. The van der Waals surface area contributed by atoms with Gasteiger partial charge in [0.05, 0.1) is 5.56 Å². The molecule has 1 saturated carbocycles. The quantitative estimate of drug-likeness (QED) is 0.873. The van der Waals surface area contributed by atoms with Crippen LogP contribution in [0.25, 0.3) is 0 Å². The second-order valence-electron chi connectivity index (χ2n) is 7.73. The number of nitrogens with zero attached hydrogens (tertiary/aromatic N) is 2. The Morgan fingerprint density at radius 3 is 2.46 bits per heavy atom. The van der Waals surface area contributed by atoms with Gasteiger partial charge in [0.15, 0.2) is 0 Å². The van der Waals surface area contributed by atoms with E-state index in [1.807, 2.05) is 9.80 Å². The molecule has 2 heterocycles. The molecule has 142 valence electrons. The Morgan fingerprint density at radius 1 is 1.12 bits per heavy atom. The lowest BCUT2D eigenvalue weighted by atomic mass is 9.91. The van der Waals surface area contributed by atoms with Crippen LogP contribution in [0.3, 0.4) is 0 Å². The van der Waals surface area contributed by atoms with Gasteiger partial charge in [-0.3, -0.25) is 4.79 Å². The zero-order chi connectivity index (χ0) is 18.4. The number of anilines is 1. The van der Waals surface area contributed by atoms with Crippen LogP contribution in [0.1, 0.15) is 24.8 Å². The molecule has 1 spiro atoms. The number of piperazine rings is 1. The monoisotopic (exact) mass is 367 g/mol. The highest BCUT2D eigenvalue weighted by Crippen LogP contribution is 2.59. The van der Waals surface area contributed by atoms with E-state index in [0.29, 0.717) is 31.9 Å². The summed E-state index contributed by atoms with van der Waals surface area (Å²) in [4.78, 5) is 16.6. The lowest BCUT2D eigenvalue weighted by Crippen LogP contribution is -2.50. The minimum atomic E-state index is -4.33. The van der Waals surface area contributed by atoms with Crippen molar-refractivity contribution in [3.05, 3.63) is 29.8 Å². The Hall–Kier alpha value is -1.76. The molecule has 26 heavy (non-hydrogen) atoms. The summed E-state index contributed by atoms with van der Waals surface area (Å²) in [5.74, 6) is 0.403. The average molecular weight is 367 g/mol. The largest absolute Gasteiger partial charge is 0.416 e. The van der Waals surface area contributed by atoms with Gasteiger partial charge < -0.3 is 15.1 Å². The van der Waals surface area contributed by atoms with Gasteiger partial charge in [-0.15, -0.1) is 0 Å². The fourth-order valence-electron chi connectivity index (χ4n) is 4.46. The highest BCUT2D eigenvalue weighted by molar-refractivity contribution is 5.83. The number of benzene rings is 1. The fraction of sp³-hybridized carbons (Fsp3) is 0.632. The molecule has 7 heteroatoms. The molecule has 0 bridgehead atoms. The molecule has 0 aromatic heterocycles. The first-order valence-corrected chi connectivity index (χ1v) is 9.31. The summed E-state index contributed by atoms with van der Waals surface area (Å²) in [6.45, 7) is 4.31. The van der Waals surface area contributed by atoms with Crippen molar-refractivity contribution >= 4 is 11.6 Å². The number of carbonyl (C=O) groups excluding carboxylic acids is 1. The standard InChI is InChI=1S/C19H24F3N3O/c20-19(21,22)14-2-1-3-15(12-14)24-8-10-25(11-9-24)17(26)16-13-18(16)4-6-23-7-5-18/h1-3,12,16,23H,4-11,13H2. The van der Waals surface area contributed by atoms with Crippen molar-refractivity contribution in [2.24, 2.45) is 11.3 Å². The Morgan fingerprint density at radius 2 is 1.81 bits per heavy atom. The summed E-state index contributed by atoms with van der Waals surface area (Å²) in [6.07, 6.45) is -1.18. The summed E-state index contributed by atoms with van der Waals surface area (Å²) in [5.41, 5.74) is 0.174. The zero-order valence-electron chi connectivity index (χ0n) is 14.7. The minimum Gasteiger partial charge on any atom is -0.368 e. The van der Waals surface area contributed by atoms with Gasteiger partial charge >= 0.3 is 6.18 Å². The number of nitrogens with one attached hydrogen (secondary N) is 1. The molecular weight excluding hydrogens is 343 g/mol. The number of carbonyl (C=O) groups is 1. The van der Waals surface area contributed by atoms with E-state index in [-0.39, 0.29) is 17.2 Å². The molecule has 0 radical (unpaired) electrons. The summed E-state index contributed by atoms with van der Waals surface area (Å²) >= 11 is 0. The van der Waals surface area contributed by atoms with E-state index >= 15 is 0 Å². The molecule has 1 aromatic rings. The number of halogens is 3. The van der Waals surface area contributed by atoms with E-state index in [9.17, 15) is 18.0 Å². The maximum atomic E-state index is 12.9. The zero-order valence-corrected chi connectivity index (χ0v) is 14.7. The van der Waals surface area contributed by atoms with Crippen molar-refractivity contribution in [1.82, 2.24) is 10.2 Å². The molecule has 4 nitrogen and oxygen atoms in total. The van der Waals surface area contributed by atoms with Crippen molar-refractivity contribution < 1.29 is 18.0 Å². The van der Waals surface area contributed by atoms with Gasteiger partial charge in [0.25, 0.3) is 0 Å². The van der Waals surface area contributed by atoms with Crippen LogP contribution in [0.2, 0.25) is 0 Å². The van der Waals surface area contributed by atoms with E-state index in [4.69, 9.17) is 0 Å². The van der Waals surface area contributed by atoms with E-state index in [1.54, 1.807) is 6.07 Å². The van der Waals surface area contributed by atoms with Crippen molar-refractivity contribution in [2.45, 2.75) is 25.4 Å². The van der Waals surface area contributed by atoms with Gasteiger partial charge in [-0.05, 0) is 56.0 Å². The van der Waals surface area contributed by atoms with Crippen LogP contribution in [0.15, 0.2) is 24.3 Å². The first-order valence-electron chi connectivity index (χ1n) is 9.31. The van der Waals surface area contributed by atoms with Crippen molar-refractivity contribution in [3.63, 3.8) is 0 Å². The van der Waals surface area contributed by atoms with Crippen molar-refractivity contribution in [3.8, 4) is 0 Å². The third-order valence-electron chi connectivity index (χ3n) is 6.22. The van der Waals surface area contributed by atoms with E-state index in [2.05, 4.69) is 5.32 Å². The number of hydrogen-bond donors (Lipinski definition) is 1. The summed E-state index contributed by atoms with van der Waals surface area (Å²) in [6, 6.07) is 5.44. The van der Waals surface area contributed by atoms with Crippen LogP contribution in [0.4, 0.5) is 18.9 Å². The normalized spacial score (nSPS) is 25.4. The van der Waals surface area contributed by atoms with Gasteiger partial charge in [-0.2, -0.15) is 13.2 Å². The van der Waals surface area contributed by atoms with Crippen LogP contribution in [-0.2, 0) is 11.0 Å². The topological polar surface area (TPSA) is 35.6 Å². The van der Waals surface area contributed by atoms with Crippen LogP contribution in [-0.4, -0.2) is 50.1 Å². The predicted octanol–water partition coefficient (Wildman–Crippen LogP) is 2.74. The van der Waals surface area contributed by atoms with Gasteiger partial charge in [0.1, 0.15) is 0 Å². The predicted molar refractivity (Wildman–Crippen MR) is 92.9 cm³/mol. The van der Waals surface area contributed by atoms with Crippen LogP contribution < -0.4 is 10.2 Å². The Balaban J connectivity index is 1.35. The molecule has 1 N–H and O–H groups in total. The van der Waals surface area contributed by atoms with Crippen molar-refractivity contribution in [2.75, 3.05) is 44.2 Å². The minimum absolute atomic E-state index is 0.157. The van der Waals surface area contributed by atoms with Gasteiger partial charge in [-0.25, -0.2) is 0 Å². The molecular formula is C19H24F3N3O. The van der Waals surface area contributed by atoms with E-state index in [1.165, 1.54) is 12.1 Å². The Labute approximate surface area is 151 Å². The van der Waals surface area contributed by atoms with Gasteiger partial charge in [0.2, 0.25) is 5.91 Å². The fourth-order valence-corrected chi connectivity index (χ4v) is 4.46. The summed E-state index contributed by atoms with van der Waals surface area (Å²) in [5, 5.41) is 3.35. The smallest absolute Gasteiger partial charge is 0.368 e.